The van der Waals surface area contributed by atoms with Gasteiger partial charge in [0.2, 0.25) is 5.89 Å². The van der Waals surface area contributed by atoms with E-state index in [4.69, 9.17) is 4.52 Å². The summed E-state index contributed by atoms with van der Waals surface area (Å²) in [5.74, 6) is 2.93. The van der Waals surface area contributed by atoms with Crippen molar-refractivity contribution in [2.24, 2.45) is 11.8 Å². The molecule has 1 aliphatic heterocycles. The lowest BCUT2D eigenvalue weighted by molar-refractivity contribution is 0.259. The molecule has 0 aliphatic carbocycles. The quantitative estimate of drug-likeness (QED) is 0.827. The molecule has 1 aromatic heterocycles. The van der Waals surface area contributed by atoms with Gasteiger partial charge in [-0.2, -0.15) is 4.98 Å². The molecule has 2 heterocycles. The molecule has 1 aliphatic rings. The van der Waals surface area contributed by atoms with E-state index < -0.39 is 0 Å². The van der Waals surface area contributed by atoms with Crippen molar-refractivity contribution in [3.8, 4) is 0 Å². The fourth-order valence-electron chi connectivity index (χ4n) is 2.51. The minimum atomic E-state index is 0.572. The van der Waals surface area contributed by atoms with E-state index in [0.29, 0.717) is 5.92 Å². The van der Waals surface area contributed by atoms with Crippen LogP contribution >= 0.6 is 0 Å². The van der Waals surface area contributed by atoms with Crippen LogP contribution in [0.25, 0.3) is 0 Å². The van der Waals surface area contributed by atoms with Crippen molar-refractivity contribution in [2.45, 2.75) is 33.2 Å². The molecular weight excluding hydrogens is 228 g/mol. The molecule has 1 N–H and O–H groups in total. The van der Waals surface area contributed by atoms with Crippen LogP contribution in [0.3, 0.4) is 0 Å². The maximum Gasteiger partial charge on any atom is 0.240 e. The van der Waals surface area contributed by atoms with Gasteiger partial charge in [0.1, 0.15) is 0 Å². The number of nitrogens with zero attached hydrogens (tertiary/aromatic N) is 3. The average molecular weight is 252 g/mol. The Labute approximate surface area is 109 Å². The van der Waals surface area contributed by atoms with Crippen LogP contribution in [0.5, 0.6) is 0 Å². The lowest BCUT2D eigenvalue weighted by atomic mass is 10.1. The molecule has 1 fully saturated rings. The number of hydrogen-bond acceptors (Lipinski definition) is 5. The van der Waals surface area contributed by atoms with Gasteiger partial charge in [0, 0.05) is 13.0 Å². The van der Waals surface area contributed by atoms with E-state index >= 15 is 0 Å². The van der Waals surface area contributed by atoms with Crippen LogP contribution in [0.4, 0.5) is 0 Å². The van der Waals surface area contributed by atoms with Crippen molar-refractivity contribution in [3.63, 3.8) is 0 Å². The second-order valence-corrected chi connectivity index (χ2v) is 5.65. The summed E-state index contributed by atoms with van der Waals surface area (Å²) >= 11 is 0. The van der Waals surface area contributed by atoms with Crippen LogP contribution in [0.15, 0.2) is 4.52 Å². The Kier molecular flexibility index (Phi) is 4.72. The molecule has 18 heavy (non-hydrogen) atoms. The fourth-order valence-corrected chi connectivity index (χ4v) is 2.51. The van der Waals surface area contributed by atoms with Crippen molar-refractivity contribution in [2.75, 3.05) is 26.7 Å². The maximum absolute atomic E-state index is 5.30. The van der Waals surface area contributed by atoms with Crippen molar-refractivity contribution < 1.29 is 4.52 Å². The first-order chi connectivity index (χ1) is 8.67. The molecule has 0 aromatic carbocycles. The van der Waals surface area contributed by atoms with Gasteiger partial charge in [-0.1, -0.05) is 19.0 Å². The van der Waals surface area contributed by atoms with Crippen molar-refractivity contribution in [3.05, 3.63) is 11.7 Å². The standard InChI is InChI=1S/C13H24N4O/c1-10(2)6-12-15-13(18-16-12)9-17-5-4-11(8-17)7-14-3/h10-11,14H,4-9H2,1-3H3. The molecule has 0 bridgehead atoms. The van der Waals surface area contributed by atoms with E-state index in [1.54, 1.807) is 0 Å². The van der Waals surface area contributed by atoms with Gasteiger partial charge in [0.25, 0.3) is 0 Å². The molecule has 0 saturated carbocycles. The molecule has 1 aromatic rings. The maximum atomic E-state index is 5.30. The minimum Gasteiger partial charge on any atom is -0.338 e. The predicted octanol–water partition coefficient (Wildman–Crippen LogP) is 1.31. The highest BCUT2D eigenvalue weighted by Crippen LogP contribution is 2.17. The van der Waals surface area contributed by atoms with E-state index in [2.05, 4.69) is 34.2 Å². The summed E-state index contributed by atoms with van der Waals surface area (Å²) in [4.78, 5) is 6.85. The number of nitrogens with one attached hydrogen (secondary N) is 1. The molecule has 5 heteroatoms. The van der Waals surface area contributed by atoms with E-state index in [1.807, 2.05) is 7.05 Å². The van der Waals surface area contributed by atoms with Gasteiger partial charge in [-0.25, -0.2) is 0 Å². The fraction of sp³-hybridized carbons (Fsp3) is 0.846. The van der Waals surface area contributed by atoms with Gasteiger partial charge < -0.3 is 9.84 Å². The molecule has 0 radical (unpaired) electrons. The third-order valence-corrected chi connectivity index (χ3v) is 3.32. The lowest BCUT2D eigenvalue weighted by Gasteiger charge is -2.12. The third kappa shape index (κ3) is 3.78. The van der Waals surface area contributed by atoms with Crippen molar-refractivity contribution in [1.29, 1.82) is 0 Å². The summed E-state index contributed by atoms with van der Waals surface area (Å²) in [5, 5.41) is 7.27. The third-order valence-electron chi connectivity index (χ3n) is 3.32. The Hall–Kier alpha value is -0.940. The molecular formula is C13H24N4O. The monoisotopic (exact) mass is 252 g/mol. The Balaban J connectivity index is 1.81. The number of rotatable bonds is 6. The lowest BCUT2D eigenvalue weighted by Crippen LogP contribution is -2.24. The largest absolute Gasteiger partial charge is 0.338 e. The molecule has 102 valence electrons. The van der Waals surface area contributed by atoms with Crippen LogP contribution in [-0.4, -0.2) is 41.7 Å². The summed E-state index contributed by atoms with van der Waals surface area (Å²) in [7, 11) is 2.01. The van der Waals surface area contributed by atoms with Gasteiger partial charge in [-0.05, 0) is 38.4 Å². The zero-order chi connectivity index (χ0) is 13.0. The average Bonchev–Trinajstić information content (AvgIpc) is 2.89. The van der Waals surface area contributed by atoms with E-state index in [-0.39, 0.29) is 0 Å². The predicted molar refractivity (Wildman–Crippen MR) is 70.2 cm³/mol. The summed E-state index contributed by atoms with van der Waals surface area (Å²) in [5.41, 5.74) is 0. The molecule has 0 amide bonds. The van der Waals surface area contributed by atoms with Crippen LogP contribution in [0.1, 0.15) is 32.0 Å². The van der Waals surface area contributed by atoms with Gasteiger partial charge in [-0.15, -0.1) is 0 Å². The first-order valence-corrected chi connectivity index (χ1v) is 6.85. The van der Waals surface area contributed by atoms with Gasteiger partial charge in [-0.3, -0.25) is 4.90 Å². The number of hydrogen-bond donors (Lipinski definition) is 1. The molecule has 0 spiro atoms. The number of likely N-dealkylation sites (tertiary alicyclic amines) is 1. The Morgan fingerprint density at radius 1 is 1.50 bits per heavy atom. The Bertz CT molecular complexity index is 364. The first-order valence-electron chi connectivity index (χ1n) is 6.85. The second kappa shape index (κ2) is 6.29. The number of aromatic nitrogens is 2. The Morgan fingerprint density at radius 2 is 2.33 bits per heavy atom. The summed E-state index contributed by atoms with van der Waals surface area (Å²) in [6, 6.07) is 0. The Morgan fingerprint density at radius 3 is 3.06 bits per heavy atom. The van der Waals surface area contributed by atoms with Crippen molar-refractivity contribution >= 4 is 0 Å². The van der Waals surface area contributed by atoms with E-state index in [9.17, 15) is 0 Å². The summed E-state index contributed by atoms with van der Waals surface area (Å²) in [6.45, 7) is 8.49. The minimum absolute atomic E-state index is 0.572. The van der Waals surface area contributed by atoms with Gasteiger partial charge >= 0.3 is 0 Å². The highest BCUT2D eigenvalue weighted by molar-refractivity contribution is 4.89. The molecule has 1 unspecified atom stereocenters. The van der Waals surface area contributed by atoms with E-state index in [1.165, 1.54) is 6.42 Å². The molecule has 1 atom stereocenters. The summed E-state index contributed by atoms with van der Waals surface area (Å²) in [6.07, 6.45) is 2.15. The van der Waals surface area contributed by atoms with Gasteiger partial charge in [0.15, 0.2) is 5.82 Å². The normalized spacial score (nSPS) is 21.0. The van der Waals surface area contributed by atoms with Gasteiger partial charge in [0.05, 0.1) is 6.54 Å². The zero-order valence-electron chi connectivity index (χ0n) is 11.6. The van der Waals surface area contributed by atoms with Crippen LogP contribution in [-0.2, 0) is 13.0 Å². The highest BCUT2D eigenvalue weighted by atomic mass is 16.5. The van der Waals surface area contributed by atoms with Crippen molar-refractivity contribution in [1.82, 2.24) is 20.4 Å². The first kappa shape index (κ1) is 13.5. The van der Waals surface area contributed by atoms with Crippen LogP contribution in [0.2, 0.25) is 0 Å². The summed E-state index contributed by atoms with van der Waals surface area (Å²) < 4.78 is 5.30. The second-order valence-electron chi connectivity index (χ2n) is 5.65. The van der Waals surface area contributed by atoms with Crippen LogP contribution < -0.4 is 5.32 Å². The molecule has 1 saturated heterocycles. The molecule has 5 nitrogen and oxygen atoms in total. The topological polar surface area (TPSA) is 54.2 Å². The highest BCUT2D eigenvalue weighted by Gasteiger charge is 2.23. The van der Waals surface area contributed by atoms with Crippen LogP contribution in [0, 0.1) is 11.8 Å². The molecule has 2 rings (SSSR count). The zero-order valence-corrected chi connectivity index (χ0v) is 11.6. The SMILES string of the molecule is CNCC1CCN(Cc2nc(CC(C)C)no2)C1. The van der Waals surface area contributed by atoms with E-state index in [0.717, 1.165) is 50.2 Å². The smallest absolute Gasteiger partial charge is 0.240 e.